The maximum atomic E-state index is 12.7. The highest BCUT2D eigenvalue weighted by Gasteiger charge is 2.48. The lowest BCUT2D eigenvalue weighted by atomic mass is 9.91. The van der Waals surface area contributed by atoms with Crippen molar-refractivity contribution in [3.05, 3.63) is 23.5 Å². The molecule has 0 aliphatic carbocycles. The van der Waals surface area contributed by atoms with Crippen LogP contribution < -0.4 is 0 Å². The van der Waals surface area contributed by atoms with Crippen molar-refractivity contribution in [2.75, 3.05) is 19.6 Å². The van der Waals surface area contributed by atoms with Crippen molar-refractivity contribution in [1.82, 2.24) is 19.2 Å². The van der Waals surface area contributed by atoms with Crippen LogP contribution in [-0.2, 0) is 4.74 Å². The minimum Gasteiger partial charge on any atom is -0.441 e. The Morgan fingerprint density at radius 3 is 2.88 bits per heavy atom. The molecule has 26 heavy (non-hydrogen) atoms. The standard InChI is InChI=1S/C18H24N4O3S/c1-3-4-13(2)22-12-18(25-17(22)24)5-7-20(8-6-18)15(23)14-11-21-9-10-26-16(21)19-14/h9-11,13H,3-8,12H2,1-2H3/t13-/m1/s1. The van der Waals surface area contributed by atoms with Gasteiger partial charge in [-0.05, 0) is 13.3 Å². The molecule has 1 atom stereocenters. The van der Waals surface area contributed by atoms with Crippen LogP contribution in [0.3, 0.4) is 0 Å². The van der Waals surface area contributed by atoms with E-state index in [-0.39, 0.29) is 18.0 Å². The molecule has 0 saturated carbocycles. The molecule has 0 bridgehead atoms. The normalized spacial score (nSPS) is 20.8. The average Bonchev–Trinajstić information content (AvgIpc) is 3.29. The van der Waals surface area contributed by atoms with Gasteiger partial charge in [-0.3, -0.25) is 9.20 Å². The van der Waals surface area contributed by atoms with Gasteiger partial charge < -0.3 is 14.5 Å². The molecule has 2 saturated heterocycles. The topological polar surface area (TPSA) is 67.2 Å². The molecule has 140 valence electrons. The van der Waals surface area contributed by atoms with Crippen LogP contribution in [-0.4, -0.2) is 62.5 Å². The molecule has 4 heterocycles. The number of amides is 2. The lowest BCUT2D eigenvalue weighted by molar-refractivity contribution is 0.00291. The number of piperidine rings is 1. The van der Waals surface area contributed by atoms with E-state index in [2.05, 4.69) is 18.8 Å². The molecule has 0 unspecified atom stereocenters. The van der Waals surface area contributed by atoms with Gasteiger partial charge in [0.15, 0.2) is 4.96 Å². The molecular formula is C18H24N4O3S. The Morgan fingerprint density at radius 2 is 2.19 bits per heavy atom. The summed E-state index contributed by atoms with van der Waals surface area (Å²) in [7, 11) is 0. The third-order valence-corrected chi connectivity index (χ3v) is 6.28. The number of rotatable bonds is 4. The summed E-state index contributed by atoms with van der Waals surface area (Å²) in [5.41, 5.74) is 0.0409. The monoisotopic (exact) mass is 376 g/mol. The van der Waals surface area contributed by atoms with Crippen molar-refractivity contribution in [1.29, 1.82) is 0 Å². The number of ether oxygens (including phenoxy) is 1. The summed E-state index contributed by atoms with van der Waals surface area (Å²) in [6, 6.07) is 0.199. The Labute approximate surface area is 156 Å². The molecule has 2 aliphatic rings. The summed E-state index contributed by atoms with van der Waals surface area (Å²) in [6.45, 7) is 6.01. The summed E-state index contributed by atoms with van der Waals surface area (Å²) in [5, 5.41) is 1.95. The first-order valence-electron chi connectivity index (χ1n) is 9.22. The van der Waals surface area contributed by atoms with E-state index < -0.39 is 5.60 Å². The van der Waals surface area contributed by atoms with Crippen molar-refractivity contribution in [2.45, 2.75) is 51.2 Å². The van der Waals surface area contributed by atoms with Gasteiger partial charge in [-0.25, -0.2) is 9.78 Å². The molecule has 0 radical (unpaired) electrons. The largest absolute Gasteiger partial charge is 0.441 e. The van der Waals surface area contributed by atoms with Crippen LogP contribution in [0.4, 0.5) is 4.79 Å². The van der Waals surface area contributed by atoms with Gasteiger partial charge in [-0.2, -0.15) is 0 Å². The number of likely N-dealkylation sites (tertiary alicyclic amines) is 1. The van der Waals surface area contributed by atoms with E-state index in [9.17, 15) is 9.59 Å². The van der Waals surface area contributed by atoms with E-state index >= 15 is 0 Å². The fourth-order valence-electron chi connectivity index (χ4n) is 3.93. The average molecular weight is 376 g/mol. The predicted octanol–water partition coefficient (Wildman–Crippen LogP) is 3.01. The molecule has 7 nitrogen and oxygen atoms in total. The lowest BCUT2D eigenvalue weighted by Gasteiger charge is -2.37. The van der Waals surface area contributed by atoms with E-state index in [1.54, 1.807) is 6.20 Å². The second kappa shape index (κ2) is 6.57. The van der Waals surface area contributed by atoms with E-state index in [1.807, 2.05) is 25.8 Å². The highest BCUT2D eigenvalue weighted by atomic mass is 32.1. The second-order valence-electron chi connectivity index (χ2n) is 7.33. The van der Waals surface area contributed by atoms with Gasteiger partial charge in [0.05, 0.1) is 6.54 Å². The van der Waals surface area contributed by atoms with Gasteiger partial charge in [0.25, 0.3) is 5.91 Å². The zero-order chi connectivity index (χ0) is 18.3. The van der Waals surface area contributed by atoms with Crippen LogP contribution in [0.5, 0.6) is 0 Å². The number of fused-ring (bicyclic) bond motifs is 1. The Hall–Kier alpha value is -2.09. The van der Waals surface area contributed by atoms with Crippen LogP contribution >= 0.6 is 11.3 Å². The molecule has 2 fully saturated rings. The minimum absolute atomic E-state index is 0.0451. The SMILES string of the molecule is CCC[C@@H](C)N1CC2(CCN(C(=O)c3cn4ccsc4n3)CC2)OC1=O. The molecule has 2 aliphatic heterocycles. The highest BCUT2D eigenvalue weighted by Crippen LogP contribution is 2.35. The van der Waals surface area contributed by atoms with Gasteiger partial charge in [-0.15, -0.1) is 11.3 Å². The number of carbonyl (C=O) groups is 2. The second-order valence-corrected chi connectivity index (χ2v) is 8.20. The first-order chi connectivity index (χ1) is 12.5. The Bertz CT molecular complexity index is 793. The maximum absolute atomic E-state index is 12.7. The number of hydrogen-bond donors (Lipinski definition) is 0. The van der Waals surface area contributed by atoms with Crippen molar-refractivity contribution in [2.24, 2.45) is 0 Å². The lowest BCUT2D eigenvalue weighted by Crippen LogP contribution is -2.49. The number of aromatic nitrogens is 2. The highest BCUT2D eigenvalue weighted by molar-refractivity contribution is 7.15. The van der Waals surface area contributed by atoms with Crippen molar-refractivity contribution < 1.29 is 14.3 Å². The molecule has 8 heteroatoms. The number of imidazole rings is 1. The zero-order valence-corrected chi connectivity index (χ0v) is 16.0. The van der Waals surface area contributed by atoms with Gasteiger partial charge >= 0.3 is 6.09 Å². The first kappa shape index (κ1) is 17.3. The van der Waals surface area contributed by atoms with Crippen LogP contribution in [0.25, 0.3) is 4.96 Å². The maximum Gasteiger partial charge on any atom is 0.410 e. The molecule has 2 aromatic rings. The molecule has 0 N–H and O–H groups in total. The Kier molecular flexibility index (Phi) is 4.38. The summed E-state index contributed by atoms with van der Waals surface area (Å²) in [4.78, 5) is 33.9. The van der Waals surface area contributed by atoms with Crippen molar-refractivity contribution >= 4 is 28.3 Å². The predicted molar refractivity (Wildman–Crippen MR) is 98.5 cm³/mol. The van der Waals surface area contributed by atoms with Crippen LogP contribution in [0.1, 0.15) is 50.0 Å². The van der Waals surface area contributed by atoms with Gasteiger partial charge in [0.1, 0.15) is 11.3 Å². The van der Waals surface area contributed by atoms with Gasteiger partial charge in [-0.1, -0.05) is 13.3 Å². The fourth-order valence-corrected chi connectivity index (χ4v) is 4.63. The molecular weight excluding hydrogens is 352 g/mol. The summed E-state index contributed by atoms with van der Waals surface area (Å²) < 4.78 is 7.64. The fraction of sp³-hybridized carbons (Fsp3) is 0.611. The van der Waals surface area contributed by atoms with Crippen molar-refractivity contribution in [3.8, 4) is 0 Å². The zero-order valence-electron chi connectivity index (χ0n) is 15.2. The van der Waals surface area contributed by atoms with Crippen molar-refractivity contribution in [3.63, 3.8) is 0 Å². The number of nitrogens with zero attached hydrogens (tertiary/aromatic N) is 4. The summed E-state index contributed by atoms with van der Waals surface area (Å²) in [6.07, 6.45) is 6.86. The number of thiazole rings is 1. The van der Waals surface area contributed by atoms with Crippen LogP contribution in [0.15, 0.2) is 17.8 Å². The van der Waals surface area contributed by atoms with E-state index in [1.165, 1.54) is 11.3 Å². The van der Waals surface area contributed by atoms with Gasteiger partial charge in [0, 0.05) is 49.7 Å². The van der Waals surface area contributed by atoms with Gasteiger partial charge in [0.2, 0.25) is 0 Å². The van der Waals surface area contributed by atoms with Crippen LogP contribution in [0, 0.1) is 0 Å². The first-order valence-corrected chi connectivity index (χ1v) is 10.1. The summed E-state index contributed by atoms with van der Waals surface area (Å²) in [5.74, 6) is -0.0451. The quantitative estimate of drug-likeness (QED) is 0.823. The molecule has 4 rings (SSSR count). The number of carbonyl (C=O) groups excluding carboxylic acids is 2. The van der Waals surface area contributed by atoms with E-state index in [0.717, 1.165) is 17.8 Å². The Morgan fingerprint density at radius 1 is 1.42 bits per heavy atom. The van der Waals surface area contributed by atoms with Crippen LogP contribution in [0.2, 0.25) is 0 Å². The molecule has 0 aromatic carbocycles. The van der Waals surface area contributed by atoms with E-state index in [4.69, 9.17) is 4.74 Å². The minimum atomic E-state index is -0.440. The summed E-state index contributed by atoms with van der Waals surface area (Å²) >= 11 is 1.51. The smallest absolute Gasteiger partial charge is 0.410 e. The molecule has 1 spiro atoms. The number of hydrogen-bond acceptors (Lipinski definition) is 5. The molecule has 2 amide bonds. The van der Waals surface area contributed by atoms with E-state index in [0.29, 0.717) is 38.2 Å². The third kappa shape index (κ3) is 2.96. The molecule has 2 aromatic heterocycles. The third-order valence-electron chi connectivity index (χ3n) is 5.51. The Balaban J connectivity index is 1.40.